The molecule has 2 heterocycles. The van der Waals surface area contributed by atoms with Crippen LogP contribution in [0.5, 0.6) is 0 Å². The second-order valence-electron chi connectivity index (χ2n) is 9.85. The van der Waals surface area contributed by atoms with Crippen LogP contribution in [0.3, 0.4) is 0 Å². The van der Waals surface area contributed by atoms with Gasteiger partial charge in [-0.05, 0) is 66.9 Å². The molecule has 0 aliphatic heterocycles. The van der Waals surface area contributed by atoms with Gasteiger partial charge in [-0.3, -0.25) is 4.79 Å². The first-order valence-corrected chi connectivity index (χ1v) is 12.9. The molecular formula is C30H27F2N7O3. The Morgan fingerprint density at radius 1 is 1.02 bits per heavy atom. The van der Waals surface area contributed by atoms with Gasteiger partial charge < -0.3 is 10.4 Å². The summed E-state index contributed by atoms with van der Waals surface area (Å²) in [6, 6.07) is 15.2. The number of rotatable bonds is 9. The maximum Gasteiger partial charge on any atom is 0.350 e. The molecule has 5 rings (SSSR count). The summed E-state index contributed by atoms with van der Waals surface area (Å²) in [5.74, 6) is -2.10. The lowest BCUT2D eigenvalue weighted by atomic mass is 9.93. The summed E-state index contributed by atoms with van der Waals surface area (Å²) in [5, 5.41) is 22.4. The molecule has 10 nitrogen and oxygen atoms in total. The second-order valence-corrected chi connectivity index (χ2v) is 9.85. The van der Waals surface area contributed by atoms with E-state index in [0.717, 1.165) is 33.5 Å². The Morgan fingerprint density at radius 3 is 2.52 bits per heavy atom. The zero-order valence-corrected chi connectivity index (χ0v) is 22.8. The molecule has 0 aliphatic carbocycles. The number of carbonyl (C=O) groups is 1. The third-order valence-electron chi connectivity index (χ3n) is 6.94. The van der Waals surface area contributed by atoms with Crippen molar-refractivity contribution in [2.45, 2.75) is 32.5 Å². The average molecular weight is 572 g/mol. The van der Waals surface area contributed by atoms with E-state index in [2.05, 4.69) is 20.5 Å². The summed E-state index contributed by atoms with van der Waals surface area (Å²) in [7, 11) is 0. The highest BCUT2D eigenvalue weighted by molar-refractivity contribution is 6.02. The van der Waals surface area contributed by atoms with Gasteiger partial charge in [-0.15, -0.1) is 0 Å². The highest BCUT2D eigenvalue weighted by atomic mass is 19.1. The van der Waals surface area contributed by atoms with Gasteiger partial charge in [-0.2, -0.15) is 10.2 Å². The van der Waals surface area contributed by atoms with Gasteiger partial charge in [0.15, 0.2) is 0 Å². The minimum Gasteiger partial charge on any atom is -0.381 e. The smallest absolute Gasteiger partial charge is 0.350 e. The number of amides is 1. The third kappa shape index (κ3) is 6.08. The van der Waals surface area contributed by atoms with Gasteiger partial charge in [-0.1, -0.05) is 24.3 Å². The van der Waals surface area contributed by atoms with E-state index >= 15 is 0 Å². The largest absolute Gasteiger partial charge is 0.381 e. The minimum absolute atomic E-state index is 0.229. The van der Waals surface area contributed by atoms with Crippen LogP contribution in [0, 0.1) is 25.5 Å². The Kier molecular flexibility index (Phi) is 7.89. The van der Waals surface area contributed by atoms with Crippen molar-refractivity contribution in [3.8, 4) is 5.69 Å². The van der Waals surface area contributed by atoms with Crippen molar-refractivity contribution < 1.29 is 18.7 Å². The lowest BCUT2D eigenvalue weighted by molar-refractivity contribution is -0.111. The number of carbonyl (C=O) groups excluding carboxylic acids is 1. The van der Waals surface area contributed by atoms with Crippen LogP contribution in [0.15, 0.2) is 90.5 Å². The van der Waals surface area contributed by atoms with Crippen LogP contribution in [-0.2, 0) is 23.5 Å². The number of aryl methyl sites for hydroxylation is 1. The molecule has 12 heteroatoms. The summed E-state index contributed by atoms with van der Waals surface area (Å²) < 4.78 is 31.8. The van der Waals surface area contributed by atoms with Gasteiger partial charge in [0.1, 0.15) is 36.2 Å². The third-order valence-corrected chi connectivity index (χ3v) is 6.94. The van der Waals surface area contributed by atoms with Crippen LogP contribution < -0.4 is 11.0 Å². The SMILES string of the molecule is Cc1cccc(/C=C/C(=O)Nc2ccc(-n3cnn(CC(O)(Cn4cncn4)c4ccc(F)cc4F)c3=O)cc2)c1C. The Morgan fingerprint density at radius 2 is 1.81 bits per heavy atom. The van der Waals surface area contributed by atoms with Gasteiger partial charge in [0, 0.05) is 23.4 Å². The fraction of sp³-hybridized carbons (Fsp3) is 0.167. The molecule has 5 aromatic rings. The number of nitrogens with zero attached hydrogens (tertiary/aromatic N) is 6. The van der Waals surface area contributed by atoms with Crippen molar-refractivity contribution in [1.29, 1.82) is 0 Å². The molecule has 1 unspecified atom stereocenters. The molecule has 1 atom stereocenters. The second kappa shape index (κ2) is 11.7. The van der Waals surface area contributed by atoms with E-state index in [9.17, 15) is 23.5 Å². The van der Waals surface area contributed by atoms with Gasteiger partial charge >= 0.3 is 5.69 Å². The summed E-state index contributed by atoms with van der Waals surface area (Å²) in [4.78, 5) is 29.5. The van der Waals surface area contributed by atoms with E-state index in [4.69, 9.17) is 0 Å². The van der Waals surface area contributed by atoms with Gasteiger partial charge in [-0.25, -0.2) is 32.5 Å². The monoisotopic (exact) mass is 571 g/mol. The molecule has 0 saturated carbocycles. The summed E-state index contributed by atoms with van der Waals surface area (Å²) in [6.07, 6.45) is 7.04. The number of aliphatic hydroxyl groups is 1. The van der Waals surface area contributed by atoms with Crippen molar-refractivity contribution in [3.05, 3.63) is 130 Å². The van der Waals surface area contributed by atoms with Crippen LogP contribution in [0.1, 0.15) is 22.3 Å². The van der Waals surface area contributed by atoms with E-state index in [-0.39, 0.29) is 18.0 Å². The van der Waals surface area contributed by atoms with Crippen LogP contribution in [-0.4, -0.2) is 40.1 Å². The summed E-state index contributed by atoms with van der Waals surface area (Å²) in [5.41, 5.74) is 1.28. The van der Waals surface area contributed by atoms with Crippen LogP contribution >= 0.6 is 0 Å². The first kappa shape index (κ1) is 28.3. The molecule has 42 heavy (non-hydrogen) atoms. The zero-order valence-electron chi connectivity index (χ0n) is 22.8. The van der Waals surface area contributed by atoms with E-state index < -0.39 is 29.5 Å². The maximum atomic E-state index is 14.8. The van der Waals surface area contributed by atoms with E-state index in [1.807, 2.05) is 32.0 Å². The van der Waals surface area contributed by atoms with Crippen LogP contribution in [0.4, 0.5) is 14.5 Å². The average Bonchev–Trinajstić information content (AvgIpc) is 3.59. The standard InChI is InChI=1S/C30H27F2N7O3/c1-20-4-3-5-22(21(20)2)6-13-28(40)36-24-8-10-25(11-9-24)38-19-35-39(29(38)41)16-30(42,15-37-18-33-17-34-37)26-12-7-23(31)14-27(26)32/h3-14,17-19,42H,15-16H2,1-2H3,(H,36,40)/b13-6+. The summed E-state index contributed by atoms with van der Waals surface area (Å²) in [6.45, 7) is 3.27. The van der Waals surface area contributed by atoms with E-state index in [1.54, 1.807) is 30.3 Å². The fourth-order valence-electron chi connectivity index (χ4n) is 4.55. The molecule has 3 aromatic carbocycles. The van der Waals surface area contributed by atoms with Gasteiger partial charge in [0.25, 0.3) is 0 Å². The Bertz CT molecular complexity index is 1810. The van der Waals surface area contributed by atoms with Crippen molar-refractivity contribution in [2.75, 3.05) is 5.32 Å². The molecule has 0 saturated heterocycles. The first-order valence-electron chi connectivity index (χ1n) is 12.9. The molecule has 214 valence electrons. The van der Waals surface area contributed by atoms with Crippen LogP contribution in [0.2, 0.25) is 0 Å². The quantitative estimate of drug-likeness (QED) is 0.260. The Balaban J connectivity index is 1.33. The zero-order chi connectivity index (χ0) is 29.9. The Hall–Kier alpha value is -5.23. The van der Waals surface area contributed by atoms with Crippen molar-refractivity contribution in [1.82, 2.24) is 29.1 Å². The van der Waals surface area contributed by atoms with Crippen LogP contribution in [0.25, 0.3) is 11.8 Å². The van der Waals surface area contributed by atoms with Crippen molar-refractivity contribution >= 4 is 17.7 Å². The van der Waals surface area contributed by atoms with E-state index in [0.29, 0.717) is 17.4 Å². The number of hydrogen-bond acceptors (Lipinski definition) is 6. The predicted molar refractivity (Wildman–Crippen MR) is 152 cm³/mol. The molecule has 1 amide bonds. The Labute approximate surface area is 239 Å². The molecule has 0 radical (unpaired) electrons. The molecule has 0 aliphatic rings. The molecule has 0 bridgehead atoms. The number of aromatic nitrogens is 6. The normalized spacial score (nSPS) is 12.9. The van der Waals surface area contributed by atoms with Crippen molar-refractivity contribution in [2.24, 2.45) is 0 Å². The number of hydrogen-bond donors (Lipinski definition) is 2. The maximum absolute atomic E-state index is 14.8. The molecule has 2 aromatic heterocycles. The fourth-order valence-corrected chi connectivity index (χ4v) is 4.55. The molecule has 0 fully saturated rings. The highest BCUT2D eigenvalue weighted by Gasteiger charge is 2.35. The van der Waals surface area contributed by atoms with E-state index in [1.165, 1.54) is 34.3 Å². The highest BCUT2D eigenvalue weighted by Crippen LogP contribution is 2.28. The van der Waals surface area contributed by atoms with Gasteiger partial charge in [0.05, 0.1) is 18.8 Å². The van der Waals surface area contributed by atoms with Gasteiger partial charge in [0.2, 0.25) is 5.91 Å². The first-order chi connectivity index (χ1) is 20.1. The number of anilines is 1. The minimum atomic E-state index is -2.02. The predicted octanol–water partition coefficient (Wildman–Crippen LogP) is 3.76. The van der Waals surface area contributed by atoms with Crippen molar-refractivity contribution in [3.63, 3.8) is 0 Å². The number of halogens is 2. The lowest BCUT2D eigenvalue weighted by Gasteiger charge is -2.28. The number of benzene rings is 3. The summed E-state index contributed by atoms with van der Waals surface area (Å²) >= 11 is 0. The molecular weight excluding hydrogens is 544 g/mol. The topological polar surface area (TPSA) is 120 Å². The molecule has 2 N–H and O–H groups in total. The lowest BCUT2D eigenvalue weighted by Crippen LogP contribution is -2.41. The number of nitrogens with one attached hydrogen (secondary N) is 1. The molecule has 0 spiro atoms.